The van der Waals surface area contributed by atoms with Crippen molar-refractivity contribution in [2.45, 2.75) is 12.8 Å². The highest BCUT2D eigenvalue weighted by atomic mass is 16.5. The zero-order chi connectivity index (χ0) is 7.40. The van der Waals surface area contributed by atoms with E-state index in [2.05, 4.69) is 0 Å². The third kappa shape index (κ3) is 1.85. The summed E-state index contributed by atoms with van der Waals surface area (Å²) in [5, 5.41) is 8.36. The lowest BCUT2D eigenvalue weighted by Gasteiger charge is -1.99. The van der Waals surface area contributed by atoms with E-state index in [4.69, 9.17) is 10.00 Å². The van der Waals surface area contributed by atoms with Crippen molar-refractivity contribution in [1.29, 1.82) is 5.26 Å². The maximum atomic E-state index is 8.36. The zero-order valence-corrected chi connectivity index (χ0v) is 6.13. The fraction of sp³-hybridized carbons (Fsp3) is 0.625. The largest absolute Gasteiger partial charge is 0.380 e. The van der Waals surface area contributed by atoms with Crippen molar-refractivity contribution in [2.75, 3.05) is 13.7 Å². The monoisotopic (exact) mass is 137 g/mol. The van der Waals surface area contributed by atoms with Gasteiger partial charge in [-0.25, -0.2) is 0 Å². The van der Waals surface area contributed by atoms with E-state index >= 15 is 0 Å². The average Bonchev–Trinajstić information content (AvgIpc) is 2.69. The van der Waals surface area contributed by atoms with Gasteiger partial charge in [-0.15, -0.1) is 0 Å². The van der Waals surface area contributed by atoms with Gasteiger partial charge in [-0.05, 0) is 24.3 Å². The summed E-state index contributed by atoms with van der Waals surface area (Å²) in [4.78, 5) is 0. The first kappa shape index (κ1) is 7.30. The number of methoxy groups -OCH3 is 1. The van der Waals surface area contributed by atoms with Crippen molar-refractivity contribution in [2.24, 2.45) is 5.92 Å². The summed E-state index contributed by atoms with van der Waals surface area (Å²) in [5.41, 5.74) is 1.16. The predicted octanol–water partition coefficient (Wildman–Crippen LogP) is 1.49. The molecule has 0 radical (unpaired) electrons. The Morgan fingerprint density at radius 2 is 2.50 bits per heavy atom. The molecule has 10 heavy (non-hydrogen) atoms. The van der Waals surface area contributed by atoms with Gasteiger partial charge in [-0.1, -0.05) is 0 Å². The van der Waals surface area contributed by atoms with Crippen LogP contribution in [0.5, 0.6) is 0 Å². The van der Waals surface area contributed by atoms with E-state index in [1.807, 2.05) is 6.07 Å². The van der Waals surface area contributed by atoms with Crippen LogP contribution in [0.25, 0.3) is 0 Å². The number of rotatable bonds is 3. The Morgan fingerprint density at radius 3 is 2.90 bits per heavy atom. The minimum atomic E-state index is 0.623. The van der Waals surface area contributed by atoms with Crippen LogP contribution in [0.1, 0.15) is 12.8 Å². The van der Waals surface area contributed by atoms with E-state index in [9.17, 15) is 0 Å². The summed E-state index contributed by atoms with van der Waals surface area (Å²) < 4.78 is 4.94. The van der Waals surface area contributed by atoms with Crippen LogP contribution in [0, 0.1) is 17.2 Å². The number of allylic oxidation sites excluding steroid dienone is 1. The molecule has 1 saturated carbocycles. The molecule has 0 N–H and O–H groups in total. The lowest BCUT2D eigenvalue weighted by Crippen LogP contribution is -1.95. The summed E-state index contributed by atoms with van der Waals surface area (Å²) in [6.07, 6.45) is 4.08. The second-order valence-corrected chi connectivity index (χ2v) is 2.56. The first-order valence-electron chi connectivity index (χ1n) is 3.46. The van der Waals surface area contributed by atoms with Crippen molar-refractivity contribution < 1.29 is 4.74 Å². The van der Waals surface area contributed by atoms with Gasteiger partial charge in [0.25, 0.3) is 0 Å². The Labute approximate surface area is 61.1 Å². The summed E-state index contributed by atoms with van der Waals surface area (Å²) >= 11 is 0. The molecule has 0 unspecified atom stereocenters. The maximum Gasteiger partial charge on any atom is 0.0912 e. The van der Waals surface area contributed by atoms with Crippen LogP contribution in [-0.2, 0) is 4.74 Å². The zero-order valence-electron chi connectivity index (χ0n) is 6.13. The minimum absolute atomic E-state index is 0.623. The van der Waals surface area contributed by atoms with E-state index in [0.29, 0.717) is 12.5 Å². The third-order valence-corrected chi connectivity index (χ3v) is 1.66. The molecule has 0 aliphatic heterocycles. The molecule has 0 aromatic heterocycles. The Bertz CT molecular complexity index is 174. The smallest absolute Gasteiger partial charge is 0.0912 e. The number of nitriles is 1. The summed E-state index contributed by atoms with van der Waals surface area (Å²) in [7, 11) is 1.66. The molecule has 0 bridgehead atoms. The van der Waals surface area contributed by atoms with Gasteiger partial charge in [0.1, 0.15) is 0 Å². The number of hydrogen-bond acceptors (Lipinski definition) is 2. The Hall–Kier alpha value is -0.810. The van der Waals surface area contributed by atoms with Crippen molar-refractivity contribution in [3.8, 4) is 6.07 Å². The van der Waals surface area contributed by atoms with Crippen molar-refractivity contribution in [1.82, 2.24) is 0 Å². The average molecular weight is 137 g/mol. The second kappa shape index (κ2) is 3.38. The van der Waals surface area contributed by atoms with Gasteiger partial charge >= 0.3 is 0 Å². The van der Waals surface area contributed by atoms with Crippen LogP contribution < -0.4 is 0 Å². The molecule has 2 nitrogen and oxygen atoms in total. The highest BCUT2D eigenvalue weighted by Crippen LogP contribution is 2.36. The standard InChI is InChI=1S/C8H11NO/c1-10-6-8(4-5-9)7-2-3-7/h4,7H,2-3,6H2,1H3. The molecule has 0 spiro atoms. The second-order valence-electron chi connectivity index (χ2n) is 2.56. The van der Waals surface area contributed by atoms with E-state index < -0.39 is 0 Å². The Balaban J connectivity index is 2.43. The summed E-state index contributed by atoms with van der Waals surface area (Å²) in [6, 6.07) is 2.03. The molecule has 0 saturated heterocycles. The van der Waals surface area contributed by atoms with Gasteiger partial charge in [-0.3, -0.25) is 0 Å². The Morgan fingerprint density at radius 1 is 1.80 bits per heavy atom. The summed E-state index contributed by atoms with van der Waals surface area (Å²) in [6.45, 7) is 0.623. The minimum Gasteiger partial charge on any atom is -0.380 e. The maximum absolute atomic E-state index is 8.36. The number of hydrogen-bond donors (Lipinski definition) is 0. The van der Waals surface area contributed by atoms with Gasteiger partial charge in [0, 0.05) is 13.2 Å². The summed E-state index contributed by atoms with van der Waals surface area (Å²) in [5.74, 6) is 0.652. The van der Waals surface area contributed by atoms with Gasteiger partial charge in [0.15, 0.2) is 0 Å². The van der Waals surface area contributed by atoms with Crippen molar-refractivity contribution >= 4 is 0 Å². The number of ether oxygens (including phenoxy) is 1. The normalized spacial score (nSPS) is 18.6. The highest BCUT2D eigenvalue weighted by Gasteiger charge is 2.25. The van der Waals surface area contributed by atoms with Crippen LogP contribution in [0.2, 0.25) is 0 Å². The molecule has 0 aromatic carbocycles. The van der Waals surface area contributed by atoms with Crippen LogP contribution >= 0.6 is 0 Å². The molecular weight excluding hydrogens is 126 g/mol. The molecule has 0 aromatic rings. The molecule has 0 heterocycles. The lowest BCUT2D eigenvalue weighted by atomic mass is 10.2. The third-order valence-electron chi connectivity index (χ3n) is 1.66. The van der Waals surface area contributed by atoms with E-state index in [1.165, 1.54) is 12.8 Å². The van der Waals surface area contributed by atoms with Crippen molar-refractivity contribution in [3.05, 3.63) is 11.6 Å². The highest BCUT2D eigenvalue weighted by molar-refractivity contribution is 5.20. The molecule has 1 aliphatic carbocycles. The topological polar surface area (TPSA) is 33.0 Å². The fourth-order valence-electron chi connectivity index (χ4n) is 0.981. The molecule has 54 valence electrons. The molecule has 0 atom stereocenters. The predicted molar refractivity (Wildman–Crippen MR) is 38.3 cm³/mol. The first-order chi connectivity index (χ1) is 4.88. The quantitative estimate of drug-likeness (QED) is 0.552. The van der Waals surface area contributed by atoms with Crippen LogP contribution in [0.15, 0.2) is 11.6 Å². The van der Waals surface area contributed by atoms with Crippen LogP contribution in [0.3, 0.4) is 0 Å². The molecule has 0 amide bonds. The van der Waals surface area contributed by atoms with E-state index in [0.717, 1.165) is 5.57 Å². The van der Waals surface area contributed by atoms with Crippen molar-refractivity contribution in [3.63, 3.8) is 0 Å². The molecule has 1 rings (SSSR count). The molecule has 1 fully saturated rings. The molecule has 2 heteroatoms. The van der Waals surface area contributed by atoms with Gasteiger partial charge in [-0.2, -0.15) is 5.26 Å². The van der Waals surface area contributed by atoms with Gasteiger partial charge in [0.2, 0.25) is 0 Å². The number of nitrogens with zero attached hydrogens (tertiary/aromatic N) is 1. The first-order valence-corrected chi connectivity index (χ1v) is 3.46. The van der Waals surface area contributed by atoms with Crippen LogP contribution in [0.4, 0.5) is 0 Å². The van der Waals surface area contributed by atoms with E-state index in [-0.39, 0.29) is 0 Å². The Kier molecular flexibility index (Phi) is 2.47. The molecule has 1 aliphatic rings. The van der Waals surface area contributed by atoms with Gasteiger partial charge < -0.3 is 4.74 Å². The van der Waals surface area contributed by atoms with Crippen LogP contribution in [-0.4, -0.2) is 13.7 Å². The molecular formula is C8H11NO. The SMILES string of the molecule is COCC(=CC#N)C1CC1. The van der Waals surface area contributed by atoms with Gasteiger partial charge in [0.05, 0.1) is 12.7 Å². The van der Waals surface area contributed by atoms with E-state index in [1.54, 1.807) is 13.2 Å². The lowest BCUT2D eigenvalue weighted by molar-refractivity contribution is 0.221. The fourth-order valence-corrected chi connectivity index (χ4v) is 0.981.